The Morgan fingerprint density at radius 2 is 1.91 bits per heavy atom. The molecule has 35 heavy (non-hydrogen) atoms. The monoisotopic (exact) mass is 491 g/mol. The highest BCUT2D eigenvalue weighted by molar-refractivity contribution is 6.31. The van der Waals surface area contributed by atoms with Gasteiger partial charge in [0, 0.05) is 41.3 Å². The van der Waals surface area contributed by atoms with E-state index in [2.05, 4.69) is 40.9 Å². The first-order valence-electron chi connectivity index (χ1n) is 12.1. The quantitative estimate of drug-likeness (QED) is 0.496. The van der Waals surface area contributed by atoms with Crippen LogP contribution in [0.3, 0.4) is 0 Å². The molecule has 0 saturated carbocycles. The van der Waals surface area contributed by atoms with Crippen molar-refractivity contribution in [3.8, 4) is 17.6 Å². The zero-order valence-electron chi connectivity index (χ0n) is 20.1. The number of fused-ring (bicyclic) bond motifs is 3. The molecular weight excluding hydrogens is 462 g/mol. The van der Waals surface area contributed by atoms with Gasteiger partial charge in [-0.25, -0.2) is 4.79 Å². The summed E-state index contributed by atoms with van der Waals surface area (Å²) in [7, 11) is 2.15. The number of aromatic amines is 1. The Morgan fingerprint density at radius 1 is 1.14 bits per heavy atom. The van der Waals surface area contributed by atoms with Crippen LogP contribution >= 0.6 is 11.6 Å². The van der Waals surface area contributed by atoms with Crippen LogP contribution in [0.1, 0.15) is 42.6 Å². The molecule has 0 bridgehead atoms. The molecule has 1 N–H and O–H groups in total. The molecule has 0 spiro atoms. The number of hydrogen-bond acceptors (Lipinski definition) is 4. The first-order chi connectivity index (χ1) is 17.0. The van der Waals surface area contributed by atoms with Crippen LogP contribution in [0.2, 0.25) is 5.02 Å². The molecule has 3 aromatic rings. The predicted molar refractivity (Wildman–Crippen MR) is 138 cm³/mol. The van der Waals surface area contributed by atoms with Crippen LogP contribution in [0.25, 0.3) is 10.9 Å². The summed E-state index contributed by atoms with van der Waals surface area (Å²) in [6.45, 7) is 4.46. The van der Waals surface area contributed by atoms with Gasteiger partial charge in [0.25, 0.3) is 0 Å². The number of aromatic nitrogens is 1. The minimum atomic E-state index is -0.369. The number of rotatable bonds is 4. The first kappa shape index (κ1) is 23.6. The molecule has 6 nitrogen and oxygen atoms in total. The molecule has 3 heterocycles. The number of H-pyrrole nitrogens is 1. The van der Waals surface area contributed by atoms with Crippen molar-refractivity contribution in [1.82, 2.24) is 14.8 Å². The fraction of sp³-hybridized carbons (Fsp3) is 0.393. The van der Waals surface area contributed by atoms with Crippen molar-refractivity contribution in [1.29, 1.82) is 0 Å². The van der Waals surface area contributed by atoms with Crippen LogP contribution in [0.15, 0.2) is 42.5 Å². The van der Waals surface area contributed by atoms with Crippen molar-refractivity contribution in [3.05, 3.63) is 64.3 Å². The van der Waals surface area contributed by atoms with Crippen LogP contribution in [0.5, 0.6) is 5.75 Å². The standard InChI is InChI=1S/C28H30ClN3O3/c1-3-4-17-34-28(33)32-16-13-23-24-18-20(29)7-10-25(24)30-26(23)27(32)19-5-8-21(9-6-19)35-22-11-14-31(2)15-12-22/h5-10,18,22,27,30H,11-17H2,1-2H3. The van der Waals surface area contributed by atoms with Gasteiger partial charge in [0.1, 0.15) is 17.9 Å². The van der Waals surface area contributed by atoms with Gasteiger partial charge in [0.15, 0.2) is 6.61 Å². The van der Waals surface area contributed by atoms with Crippen LogP contribution in [-0.2, 0) is 11.2 Å². The molecule has 2 aromatic carbocycles. The van der Waals surface area contributed by atoms with Gasteiger partial charge in [-0.05, 0) is 74.7 Å². The highest BCUT2D eigenvalue weighted by atomic mass is 35.5. The number of nitrogens with one attached hydrogen (secondary N) is 1. The second-order valence-corrected chi connectivity index (χ2v) is 9.66. The maximum absolute atomic E-state index is 13.1. The average Bonchev–Trinajstić information content (AvgIpc) is 3.23. The van der Waals surface area contributed by atoms with E-state index in [-0.39, 0.29) is 24.8 Å². The van der Waals surface area contributed by atoms with E-state index >= 15 is 0 Å². The third-order valence-electron chi connectivity index (χ3n) is 6.93. The van der Waals surface area contributed by atoms with Crippen molar-refractivity contribution < 1.29 is 14.3 Å². The maximum atomic E-state index is 13.1. The van der Waals surface area contributed by atoms with E-state index in [0.717, 1.165) is 60.3 Å². The lowest BCUT2D eigenvalue weighted by Gasteiger charge is -2.35. The first-order valence-corrected chi connectivity index (χ1v) is 12.5. The Bertz CT molecular complexity index is 1270. The summed E-state index contributed by atoms with van der Waals surface area (Å²) < 4.78 is 11.7. The molecule has 0 aliphatic carbocycles. The Hall–Kier alpha value is -3.14. The van der Waals surface area contributed by atoms with Crippen LogP contribution in [-0.4, -0.2) is 60.3 Å². The fourth-order valence-electron chi connectivity index (χ4n) is 5.08. The number of hydrogen-bond donors (Lipinski definition) is 1. The summed E-state index contributed by atoms with van der Waals surface area (Å²) in [5, 5.41) is 1.80. The summed E-state index contributed by atoms with van der Waals surface area (Å²) in [4.78, 5) is 20.7. The second-order valence-electron chi connectivity index (χ2n) is 9.22. The molecule has 2 aliphatic heterocycles. The lowest BCUT2D eigenvalue weighted by molar-refractivity contribution is 0.0992. The number of benzene rings is 2. The van der Waals surface area contributed by atoms with Gasteiger partial charge in [-0.15, -0.1) is 5.92 Å². The second kappa shape index (κ2) is 10.2. The van der Waals surface area contributed by atoms with E-state index in [1.54, 1.807) is 11.8 Å². The third kappa shape index (κ3) is 4.98. The Morgan fingerprint density at radius 3 is 2.66 bits per heavy atom. The highest BCUT2D eigenvalue weighted by Crippen LogP contribution is 2.40. The maximum Gasteiger partial charge on any atom is 0.411 e. The van der Waals surface area contributed by atoms with Crippen molar-refractivity contribution in [2.75, 3.05) is 33.3 Å². The molecule has 2 aliphatic rings. The normalized spacial score (nSPS) is 18.6. The zero-order valence-corrected chi connectivity index (χ0v) is 20.9. The number of amides is 1. The summed E-state index contributed by atoms with van der Waals surface area (Å²) in [5.41, 5.74) is 4.20. The van der Waals surface area contributed by atoms with E-state index in [1.807, 2.05) is 30.3 Å². The number of ether oxygens (including phenoxy) is 2. The summed E-state index contributed by atoms with van der Waals surface area (Å²) in [6.07, 6.45) is 2.65. The van der Waals surface area contributed by atoms with Crippen molar-refractivity contribution in [2.24, 2.45) is 0 Å². The topological polar surface area (TPSA) is 57.8 Å². The number of carbonyl (C=O) groups is 1. The third-order valence-corrected chi connectivity index (χ3v) is 7.17. The lowest BCUT2D eigenvalue weighted by atomic mass is 9.92. The smallest absolute Gasteiger partial charge is 0.411 e. The van der Waals surface area contributed by atoms with Gasteiger partial charge in [-0.3, -0.25) is 4.90 Å². The predicted octanol–water partition coefficient (Wildman–Crippen LogP) is 5.40. The molecular formula is C28H30ClN3O3. The van der Waals surface area contributed by atoms with Crippen LogP contribution in [0.4, 0.5) is 4.79 Å². The van der Waals surface area contributed by atoms with Gasteiger partial charge in [-0.1, -0.05) is 29.7 Å². The minimum Gasteiger partial charge on any atom is -0.490 e. The molecule has 7 heteroatoms. The zero-order chi connectivity index (χ0) is 24.4. The van der Waals surface area contributed by atoms with Crippen LogP contribution < -0.4 is 4.74 Å². The molecule has 5 rings (SSSR count). The van der Waals surface area contributed by atoms with Crippen molar-refractivity contribution in [3.63, 3.8) is 0 Å². The summed E-state index contributed by atoms with van der Waals surface area (Å²) in [6, 6.07) is 13.7. The summed E-state index contributed by atoms with van der Waals surface area (Å²) in [5.74, 6) is 6.43. The van der Waals surface area contributed by atoms with E-state index in [0.29, 0.717) is 11.6 Å². The van der Waals surface area contributed by atoms with E-state index in [4.69, 9.17) is 21.1 Å². The van der Waals surface area contributed by atoms with Gasteiger partial charge in [0.2, 0.25) is 0 Å². The number of nitrogens with zero attached hydrogens (tertiary/aromatic N) is 2. The minimum absolute atomic E-state index is 0.0804. The average molecular weight is 492 g/mol. The van der Waals surface area contributed by atoms with E-state index in [9.17, 15) is 4.79 Å². The molecule has 1 atom stereocenters. The van der Waals surface area contributed by atoms with Gasteiger partial charge in [0.05, 0.1) is 0 Å². The van der Waals surface area contributed by atoms with Crippen molar-refractivity contribution in [2.45, 2.75) is 38.3 Å². The summed E-state index contributed by atoms with van der Waals surface area (Å²) >= 11 is 6.30. The molecule has 1 saturated heterocycles. The Kier molecular flexibility index (Phi) is 6.90. The SMILES string of the molecule is CC#CCOC(=O)N1CCc2c([nH]c3ccc(Cl)cc23)C1c1ccc(OC2CCN(C)CC2)cc1. The molecule has 1 aromatic heterocycles. The number of halogens is 1. The lowest BCUT2D eigenvalue weighted by Crippen LogP contribution is -2.41. The van der Waals surface area contributed by atoms with Gasteiger partial charge < -0.3 is 19.4 Å². The molecule has 1 amide bonds. The van der Waals surface area contributed by atoms with Gasteiger partial charge in [-0.2, -0.15) is 0 Å². The largest absolute Gasteiger partial charge is 0.490 e. The Balaban J connectivity index is 1.45. The van der Waals surface area contributed by atoms with E-state index in [1.165, 1.54) is 5.56 Å². The Labute approximate surface area is 211 Å². The molecule has 1 fully saturated rings. The molecule has 182 valence electrons. The van der Waals surface area contributed by atoms with Crippen LogP contribution in [0, 0.1) is 11.8 Å². The van der Waals surface area contributed by atoms with Crippen molar-refractivity contribution >= 4 is 28.6 Å². The fourth-order valence-corrected chi connectivity index (χ4v) is 5.25. The highest BCUT2D eigenvalue weighted by Gasteiger charge is 2.35. The van der Waals surface area contributed by atoms with E-state index < -0.39 is 0 Å². The number of carbonyl (C=O) groups excluding carboxylic acids is 1. The number of likely N-dealkylation sites (tertiary alicyclic amines) is 1. The van der Waals surface area contributed by atoms with Gasteiger partial charge >= 0.3 is 6.09 Å². The molecule has 1 unspecified atom stereocenters. The molecule has 0 radical (unpaired) electrons. The number of piperidine rings is 1.